The zero-order valence-electron chi connectivity index (χ0n) is 72.0. The van der Waals surface area contributed by atoms with Crippen molar-refractivity contribution in [1.82, 2.24) is 48.1 Å². The minimum absolute atomic E-state index is 0.0634. The van der Waals surface area contributed by atoms with Crippen molar-refractivity contribution in [2.75, 3.05) is 13.2 Å². The normalized spacial score (nSPS) is 32.3. The number of carbonyl (C=O) groups is 7. The SMILES string of the molecule is CC(C)CCC[C@@H](C)[C@H]1CC[C@H]2[C@@H]3CC=C4C[C@@H](OC(=O)NC[C@H]5O[C@H](O[C@H]6[C@H](O)[C@@H](O[C@H]7O[C@H](CO)[C@@H](O)[C@H](N=C(NC(=O)OC(C)(C)C)NC(=O)OC(C)(C)C)[C@H]7O)[C@H](NN=C(NC(=O)OC(C)(C)C)NC(=O)OC(C)(C)C)C[C@@H]6NN=C(NC(=O)OC(C)(C)C)NC(=O)OC(C)(C)C)[C@H](O)[C@@H](O)[C@@H]5O)CC[C@]4(C)[C@H]3CC[C@]12C. The lowest BCUT2D eigenvalue weighted by Gasteiger charge is -2.58. The van der Waals surface area contributed by atoms with E-state index in [-0.39, 0.29) is 5.41 Å². The molecule has 116 heavy (non-hydrogen) atoms. The lowest BCUT2D eigenvalue weighted by atomic mass is 9.47. The first kappa shape index (κ1) is 95.9. The van der Waals surface area contributed by atoms with Crippen LogP contribution in [0, 0.1) is 46.3 Å². The monoisotopic (exact) mass is 1650 g/mol. The number of aliphatic hydroxyl groups excluding tert-OH is 7. The molecule has 0 bridgehead atoms. The maximum Gasteiger partial charge on any atom is 0.414 e. The molecule has 37 heteroatoms. The fraction of sp³-hybridized carbons (Fsp3) is 0.848. The Morgan fingerprint density at radius 1 is 0.509 bits per heavy atom. The molecule has 0 aromatic carbocycles. The summed E-state index contributed by atoms with van der Waals surface area (Å²) in [4.78, 5) is 99.1. The second-order valence-corrected chi connectivity index (χ2v) is 38.7. The average molecular weight is 1650 g/mol. The zero-order chi connectivity index (χ0) is 86.9. The molecule has 0 aromatic heterocycles. The third kappa shape index (κ3) is 27.7. The van der Waals surface area contributed by atoms with Crippen molar-refractivity contribution in [1.29, 1.82) is 0 Å². The second kappa shape index (κ2) is 38.9. The molecule has 0 spiro atoms. The topological polar surface area (TPSA) is 508 Å². The molecule has 7 amide bonds. The lowest BCUT2D eigenvalue weighted by molar-refractivity contribution is -0.334. The predicted molar refractivity (Wildman–Crippen MR) is 422 cm³/mol. The highest BCUT2D eigenvalue weighted by Gasteiger charge is 2.60. The number of hydrogen-bond acceptors (Lipinski definition) is 30. The number of nitrogens with one attached hydrogen (secondary N) is 9. The molecule has 37 nitrogen and oxygen atoms in total. The maximum atomic E-state index is 14.0. The van der Waals surface area contributed by atoms with Gasteiger partial charge in [-0.1, -0.05) is 65.5 Å². The van der Waals surface area contributed by atoms with E-state index in [1.54, 1.807) is 125 Å². The Balaban J connectivity index is 1.25. The smallest absolute Gasteiger partial charge is 0.414 e. The van der Waals surface area contributed by atoms with Crippen LogP contribution in [0.3, 0.4) is 0 Å². The Labute approximate surface area is 681 Å². The quantitative estimate of drug-likeness (QED) is 0.0211. The summed E-state index contributed by atoms with van der Waals surface area (Å²) < 4.78 is 64.2. The summed E-state index contributed by atoms with van der Waals surface area (Å²) in [5.74, 6) is 1.65. The number of hydrazone groups is 2. The van der Waals surface area contributed by atoms with Gasteiger partial charge >= 0.3 is 42.7 Å². The highest BCUT2D eigenvalue weighted by Crippen LogP contribution is 2.67. The molecule has 2 aliphatic heterocycles. The van der Waals surface area contributed by atoms with Gasteiger partial charge in [0.05, 0.1) is 18.7 Å². The van der Waals surface area contributed by atoms with E-state index >= 15 is 0 Å². The molecule has 662 valence electrons. The molecule has 4 saturated carbocycles. The molecule has 2 heterocycles. The Hall–Kier alpha value is -7.20. The van der Waals surface area contributed by atoms with E-state index < -0.39 is 212 Å². The summed E-state index contributed by atoms with van der Waals surface area (Å²) in [6, 6.07) is -5.21. The van der Waals surface area contributed by atoms with E-state index in [1.165, 1.54) is 44.1 Å². The van der Waals surface area contributed by atoms with Gasteiger partial charge in [-0.2, -0.15) is 0 Å². The average Bonchev–Trinajstić information content (AvgIpc) is 1.43. The van der Waals surface area contributed by atoms with Gasteiger partial charge in [0.2, 0.25) is 17.9 Å². The fourth-order valence-electron chi connectivity index (χ4n) is 16.9. The highest BCUT2D eigenvalue weighted by atomic mass is 16.7. The van der Waals surface area contributed by atoms with Crippen LogP contribution in [0.15, 0.2) is 26.8 Å². The Morgan fingerprint density at radius 3 is 1.39 bits per heavy atom. The van der Waals surface area contributed by atoms with Crippen molar-refractivity contribution < 1.29 is 121 Å². The van der Waals surface area contributed by atoms with Gasteiger partial charge in [0.25, 0.3) is 0 Å². The van der Waals surface area contributed by atoms with E-state index in [4.69, 9.17) is 52.1 Å². The summed E-state index contributed by atoms with van der Waals surface area (Å²) in [5, 5.41) is 109. The largest absolute Gasteiger partial charge is 0.446 e. The van der Waals surface area contributed by atoms with Crippen LogP contribution in [-0.4, -0.2) is 241 Å². The van der Waals surface area contributed by atoms with Crippen molar-refractivity contribution in [3.05, 3.63) is 11.6 Å². The van der Waals surface area contributed by atoms with E-state index in [1.807, 2.05) is 0 Å². The van der Waals surface area contributed by atoms with Crippen LogP contribution in [0.2, 0.25) is 0 Å². The van der Waals surface area contributed by atoms with Crippen molar-refractivity contribution in [2.24, 2.45) is 61.5 Å². The number of guanidine groups is 3. The first-order valence-corrected chi connectivity index (χ1v) is 40.6. The number of allylic oxidation sites excluding steroid dienone is 1. The van der Waals surface area contributed by atoms with Crippen LogP contribution in [0.5, 0.6) is 0 Å². The first-order chi connectivity index (χ1) is 53.4. The van der Waals surface area contributed by atoms with E-state index in [9.17, 15) is 69.3 Å². The molecule has 0 aromatic rings. The predicted octanol–water partition coefficient (Wildman–Crippen LogP) is 7.24. The Kier molecular flexibility index (Phi) is 32.2. The second-order valence-electron chi connectivity index (χ2n) is 38.7. The van der Waals surface area contributed by atoms with Crippen LogP contribution in [-0.2, 0) is 52.1 Å². The van der Waals surface area contributed by atoms with E-state index in [2.05, 4.69) is 104 Å². The number of nitrogens with zero attached hydrogens (tertiary/aromatic N) is 3. The van der Waals surface area contributed by atoms with Gasteiger partial charge in [0.15, 0.2) is 12.6 Å². The van der Waals surface area contributed by atoms with Crippen LogP contribution in [0.25, 0.3) is 0 Å². The summed E-state index contributed by atoms with van der Waals surface area (Å²) in [6.45, 7) is 38.3. The Morgan fingerprint density at radius 2 is 0.948 bits per heavy atom. The number of alkyl carbamates (subject to hydrolysis) is 7. The number of rotatable bonds is 18. The molecular formula is C79H136N12O25. The summed E-state index contributed by atoms with van der Waals surface area (Å²) >= 11 is 0. The van der Waals surface area contributed by atoms with Crippen LogP contribution >= 0.6 is 0 Å². The fourth-order valence-corrected chi connectivity index (χ4v) is 16.9. The van der Waals surface area contributed by atoms with Crippen LogP contribution in [0.1, 0.15) is 236 Å². The van der Waals surface area contributed by atoms with Crippen molar-refractivity contribution in [2.45, 2.75) is 368 Å². The van der Waals surface area contributed by atoms with Gasteiger partial charge in [0.1, 0.15) is 107 Å². The van der Waals surface area contributed by atoms with Gasteiger partial charge in [-0.25, -0.2) is 38.6 Å². The van der Waals surface area contributed by atoms with Gasteiger partial charge in [-0.15, -0.1) is 10.2 Å². The maximum absolute atomic E-state index is 14.0. The minimum atomic E-state index is -2.29. The van der Waals surface area contributed by atoms with Gasteiger partial charge < -0.3 is 104 Å². The molecule has 7 rings (SSSR count). The van der Waals surface area contributed by atoms with E-state index in [0.29, 0.717) is 53.8 Å². The molecule has 6 fully saturated rings. The zero-order valence-corrected chi connectivity index (χ0v) is 72.0. The number of ether oxygens (including phenoxy) is 11. The molecule has 7 aliphatic rings. The van der Waals surface area contributed by atoms with Crippen molar-refractivity contribution in [3.63, 3.8) is 0 Å². The van der Waals surface area contributed by atoms with Gasteiger partial charge in [0, 0.05) is 13.0 Å². The minimum Gasteiger partial charge on any atom is -0.446 e. The van der Waals surface area contributed by atoms with Gasteiger partial charge in [-0.05, 0) is 222 Å². The molecule has 2 saturated heterocycles. The molecule has 16 N–H and O–H groups in total. The number of carbonyl (C=O) groups excluding carboxylic acids is 7. The Bertz CT molecular complexity index is 3390. The third-order valence-electron chi connectivity index (χ3n) is 21.7. The number of hydrogen-bond donors (Lipinski definition) is 16. The highest BCUT2D eigenvalue weighted by molar-refractivity contribution is 6.03. The summed E-state index contributed by atoms with van der Waals surface area (Å²) in [6.07, 6.45) is -19.4. The number of amides is 7. The molecular weight excluding hydrogens is 1520 g/mol. The number of aliphatic imine (C=N–C) groups is 1. The van der Waals surface area contributed by atoms with Crippen molar-refractivity contribution >= 4 is 60.5 Å². The summed E-state index contributed by atoms with van der Waals surface area (Å²) in [5.41, 5.74) is 0.258. The first-order valence-electron chi connectivity index (χ1n) is 40.6. The molecule has 0 radical (unpaired) electrons. The number of fused-ring (bicyclic) bond motifs is 5. The molecule has 5 aliphatic carbocycles. The van der Waals surface area contributed by atoms with Crippen LogP contribution in [0.4, 0.5) is 33.6 Å². The van der Waals surface area contributed by atoms with E-state index in [0.717, 1.165) is 19.3 Å². The summed E-state index contributed by atoms with van der Waals surface area (Å²) in [7, 11) is 0. The lowest BCUT2D eigenvalue weighted by Crippen LogP contribution is -2.68. The third-order valence-corrected chi connectivity index (χ3v) is 21.7. The molecule has 0 unspecified atom stereocenters. The number of aliphatic hydroxyl groups is 7. The standard InChI is InChI=1S/C79H136N12O25/c1-39(2)25-24-26-40(3)44-29-30-45-43-28-27-41-35-42(31-33-78(41,22)46(43)32-34-79(44,45)23)106-65(99)80-37-49-53(94)55(96)56(97)61(107-49)110-59-48(89-91-64(86-70(104)115-76(16,17)18)87-71(105)116-77(19,20)21)36-47(88-90-63(84-68(102)113-74(10,11)12)85-69(103)114-75(13,14)15)58(57(59)98)109-60-54(95)51(52(93)50(38-92)108-60)81-62(82-66(100)111-72(4,5)6)83-67(101)112-73(7,8)9/h27,39-40,42-61,88-89,92-98H,24-26,28-38H2,1-23H3,(H,80,99)(H2,81,82,83,100,101)(H2,84,85,90,102,103)(H2,86,87,91,104,105)/t40-,42+,43+,44-,45+,46+,47-,48+,49-,50-,51+,52-,53-,54-,55+,56-,57-,58+,59-,60-,61-,78+,79-/m1/s1. The van der Waals surface area contributed by atoms with Crippen LogP contribution < -0.4 is 48.1 Å². The van der Waals surface area contributed by atoms with Gasteiger partial charge in [-0.3, -0.25) is 31.9 Å². The molecule has 23 atom stereocenters. The van der Waals surface area contributed by atoms with Crippen molar-refractivity contribution in [3.8, 4) is 0 Å².